The second kappa shape index (κ2) is 8.94. The van der Waals surface area contributed by atoms with Gasteiger partial charge in [-0.15, -0.1) is 0 Å². The number of aromatic nitrogens is 3. The minimum atomic E-state index is -0.0508. The molecule has 0 aliphatic heterocycles. The smallest absolute Gasteiger partial charge is 0.224 e. The summed E-state index contributed by atoms with van der Waals surface area (Å²) in [5, 5.41) is 5.96. The van der Waals surface area contributed by atoms with Gasteiger partial charge >= 0.3 is 0 Å². The van der Waals surface area contributed by atoms with Gasteiger partial charge < -0.3 is 15.5 Å². The first kappa shape index (κ1) is 19.3. The number of amides is 1. The number of anilines is 2. The molecular formula is C21H24N6O. The highest BCUT2D eigenvalue weighted by atomic mass is 16.1. The van der Waals surface area contributed by atoms with Crippen LogP contribution >= 0.6 is 0 Å². The minimum absolute atomic E-state index is 0.0508. The number of nitrogens with one attached hydrogen (secondary N) is 2. The number of hydrogen-bond acceptors (Lipinski definition) is 6. The average Bonchev–Trinajstić information content (AvgIpc) is 2.73. The summed E-state index contributed by atoms with van der Waals surface area (Å²) in [6.07, 6.45) is 3.75. The first-order valence-corrected chi connectivity index (χ1v) is 9.04. The van der Waals surface area contributed by atoms with Gasteiger partial charge in [0.15, 0.2) is 5.82 Å². The van der Waals surface area contributed by atoms with Crippen LogP contribution in [0, 0.1) is 0 Å². The van der Waals surface area contributed by atoms with Crippen molar-refractivity contribution < 1.29 is 4.79 Å². The fraction of sp³-hybridized carbons (Fsp3) is 0.238. The Morgan fingerprint density at radius 3 is 2.54 bits per heavy atom. The normalized spacial score (nSPS) is 10.4. The SMILES string of the molecule is CNc1cc(CNC(=O)Cc2ccc(N(C)C)cc2)nc(-c2cccnc2)n1. The molecule has 7 heteroatoms. The van der Waals surface area contributed by atoms with E-state index < -0.39 is 0 Å². The molecule has 0 aliphatic carbocycles. The Labute approximate surface area is 164 Å². The lowest BCUT2D eigenvalue weighted by molar-refractivity contribution is -0.120. The summed E-state index contributed by atoms with van der Waals surface area (Å²) in [5.41, 5.74) is 3.63. The molecule has 3 aromatic rings. The highest BCUT2D eigenvalue weighted by Crippen LogP contribution is 2.17. The zero-order chi connectivity index (χ0) is 19.9. The van der Waals surface area contributed by atoms with Gasteiger partial charge in [-0.2, -0.15) is 0 Å². The zero-order valence-corrected chi connectivity index (χ0v) is 16.3. The van der Waals surface area contributed by atoms with Crippen molar-refractivity contribution in [3.05, 3.63) is 66.1 Å². The van der Waals surface area contributed by atoms with Crippen LogP contribution in [0.25, 0.3) is 11.4 Å². The molecule has 0 unspecified atom stereocenters. The van der Waals surface area contributed by atoms with E-state index >= 15 is 0 Å². The number of carbonyl (C=O) groups excluding carboxylic acids is 1. The maximum Gasteiger partial charge on any atom is 0.224 e. The predicted molar refractivity (Wildman–Crippen MR) is 111 cm³/mol. The number of benzene rings is 1. The lowest BCUT2D eigenvalue weighted by Crippen LogP contribution is -2.25. The molecule has 0 saturated carbocycles. The summed E-state index contributed by atoms with van der Waals surface area (Å²) < 4.78 is 0. The van der Waals surface area contributed by atoms with Crippen molar-refractivity contribution in [1.82, 2.24) is 20.3 Å². The summed E-state index contributed by atoms with van der Waals surface area (Å²) in [6, 6.07) is 13.5. The van der Waals surface area contributed by atoms with E-state index in [4.69, 9.17) is 0 Å². The van der Waals surface area contributed by atoms with E-state index in [1.165, 1.54) is 0 Å². The molecule has 2 N–H and O–H groups in total. The van der Waals surface area contributed by atoms with Gasteiger partial charge in [0.05, 0.1) is 18.7 Å². The Balaban J connectivity index is 1.65. The third kappa shape index (κ3) is 5.03. The van der Waals surface area contributed by atoms with E-state index in [0.29, 0.717) is 24.6 Å². The minimum Gasteiger partial charge on any atom is -0.378 e. The Bertz CT molecular complexity index is 925. The molecule has 0 aliphatic rings. The summed E-state index contributed by atoms with van der Waals surface area (Å²) in [4.78, 5) is 27.5. The number of rotatable bonds is 7. The molecule has 3 rings (SSSR count). The summed E-state index contributed by atoms with van der Waals surface area (Å²) >= 11 is 0. The monoisotopic (exact) mass is 376 g/mol. The fourth-order valence-electron chi connectivity index (χ4n) is 2.69. The highest BCUT2D eigenvalue weighted by molar-refractivity contribution is 5.78. The zero-order valence-electron chi connectivity index (χ0n) is 16.3. The third-order valence-electron chi connectivity index (χ3n) is 4.24. The first-order valence-electron chi connectivity index (χ1n) is 9.04. The maximum atomic E-state index is 12.3. The van der Waals surface area contributed by atoms with Crippen LogP contribution in [0.3, 0.4) is 0 Å². The molecule has 2 heterocycles. The van der Waals surface area contributed by atoms with E-state index in [1.807, 2.05) is 61.5 Å². The predicted octanol–water partition coefficient (Wildman–Crippen LogP) is 2.51. The van der Waals surface area contributed by atoms with Gasteiger partial charge in [-0.05, 0) is 29.8 Å². The van der Waals surface area contributed by atoms with Crippen LogP contribution in [0.4, 0.5) is 11.5 Å². The Morgan fingerprint density at radius 2 is 1.89 bits per heavy atom. The van der Waals surface area contributed by atoms with Crippen LogP contribution in [-0.4, -0.2) is 42.0 Å². The average molecular weight is 376 g/mol. The molecule has 0 fully saturated rings. The molecular weight excluding hydrogens is 352 g/mol. The van der Waals surface area contributed by atoms with E-state index in [9.17, 15) is 4.79 Å². The van der Waals surface area contributed by atoms with Crippen molar-refractivity contribution in [1.29, 1.82) is 0 Å². The third-order valence-corrected chi connectivity index (χ3v) is 4.24. The molecule has 0 saturated heterocycles. The number of hydrogen-bond donors (Lipinski definition) is 2. The Morgan fingerprint density at radius 1 is 1.11 bits per heavy atom. The van der Waals surface area contributed by atoms with Crippen molar-refractivity contribution in [2.24, 2.45) is 0 Å². The Kier molecular flexibility index (Phi) is 6.16. The van der Waals surface area contributed by atoms with Crippen LogP contribution < -0.4 is 15.5 Å². The molecule has 0 bridgehead atoms. The van der Waals surface area contributed by atoms with E-state index in [1.54, 1.807) is 19.4 Å². The van der Waals surface area contributed by atoms with Crippen molar-refractivity contribution in [3.63, 3.8) is 0 Å². The largest absolute Gasteiger partial charge is 0.378 e. The van der Waals surface area contributed by atoms with Crippen molar-refractivity contribution in [2.75, 3.05) is 31.4 Å². The Hall–Kier alpha value is -3.48. The maximum absolute atomic E-state index is 12.3. The highest BCUT2D eigenvalue weighted by Gasteiger charge is 2.09. The lowest BCUT2D eigenvalue weighted by Gasteiger charge is -2.12. The van der Waals surface area contributed by atoms with Gasteiger partial charge in [0.1, 0.15) is 5.82 Å². The molecule has 0 spiro atoms. The van der Waals surface area contributed by atoms with Gasteiger partial charge in [0, 0.05) is 50.9 Å². The molecule has 1 amide bonds. The van der Waals surface area contributed by atoms with E-state index in [0.717, 1.165) is 22.5 Å². The van der Waals surface area contributed by atoms with Crippen LogP contribution in [-0.2, 0) is 17.8 Å². The van der Waals surface area contributed by atoms with Gasteiger partial charge in [-0.1, -0.05) is 12.1 Å². The fourth-order valence-corrected chi connectivity index (χ4v) is 2.69. The molecule has 1 aromatic carbocycles. The number of pyridine rings is 1. The molecule has 0 radical (unpaired) electrons. The van der Waals surface area contributed by atoms with E-state index in [-0.39, 0.29) is 5.91 Å². The number of nitrogens with zero attached hydrogens (tertiary/aromatic N) is 4. The lowest BCUT2D eigenvalue weighted by atomic mass is 10.1. The van der Waals surface area contributed by atoms with Crippen LogP contribution in [0.5, 0.6) is 0 Å². The molecule has 0 atom stereocenters. The first-order chi connectivity index (χ1) is 13.5. The summed E-state index contributed by atoms with van der Waals surface area (Å²) in [7, 11) is 5.78. The molecule has 28 heavy (non-hydrogen) atoms. The molecule has 144 valence electrons. The van der Waals surface area contributed by atoms with Crippen LogP contribution in [0.1, 0.15) is 11.3 Å². The van der Waals surface area contributed by atoms with Crippen LogP contribution in [0.2, 0.25) is 0 Å². The summed E-state index contributed by atoms with van der Waals surface area (Å²) in [6.45, 7) is 0.332. The topological polar surface area (TPSA) is 83.0 Å². The second-order valence-corrected chi connectivity index (χ2v) is 6.57. The van der Waals surface area contributed by atoms with Gasteiger partial charge in [-0.3, -0.25) is 9.78 Å². The second-order valence-electron chi connectivity index (χ2n) is 6.57. The van der Waals surface area contributed by atoms with Gasteiger partial charge in [0.2, 0.25) is 5.91 Å². The summed E-state index contributed by atoms with van der Waals surface area (Å²) in [5.74, 6) is 1.21. The number of carbonyl (C=O) groups is 1. The molecule has 7 nitrogen and oxygen atoms in total. The van der Waals surface area contributed by atoms with Gasteiger partial charge in [-0.25, -0.2) is 9.97 Å². The quantitative estimate of drug-likeness (QED) is 0.659. The van der Waals surface area contributed by atoms with Gasteiger partial charge in [0.25, 0.3) is 0 Å². The standard InChI is InChI=1S/C21H24N6O/c1-22-19-12-17(25-21(26-19)16-5-4-10-23-13-16)14-24-20(28)11-15-6-8-18(9-7-15)27(2)3/h4-10,12-13H,11,14H2,1-3H3,(H,24,28)(H,22,25,26). The van der Waals surface area contributed by atoms with Crippen LogP contribution in [0.15, 0.2) is 54.9 Å². The van der Waals surface area contributed by atoms with Crippen molar-refractivity contribution >= 4 is 17.4 Å². The van der Waals surface area contributed by atoms with Crippen molar-refractivity contribution in [2.45, 2.75) is 13.0 Å². The molecule has 2 aromatic heterocycles. The van der Waals surface area contributed by atoms with Crippen molar-refractivity contribution in [3.8, 4) is 11.4 Å². The van der Waals surface area contributed by atoms with E-state index in [2.05, 4.69) is 25.6 Å².